The highest BCUT2D eigenvalue weighted by molar-refractivity contribution is 14.0. The minimum atomic E-state index is -1.12. The molecule has 0 saturated carbocycles. The van der Waals surface area contributed by atoms with Crippen LogP contribution in [0.2, 0.25) is 0 Å². The maximum absolute atomic E-state index is 10.7. The predicted molar refractivity (Wildman–Crippen MR) is 135 cm³/mol. The Balaban J connectivity index is 0.00000272. The summed E-state index contributed by atoms with van der Waals surface area (Å²) in [6.07, 6.45) is 6.38. The number of hydrogen-bond donors (Lipinski definition) is 3. The Labute approximate surface area is 202 Å². The van der Waals surface area contributed by atoms with E-state index in [1.165, 1.54) is 18.4 Å². The summed E-state index contributed by atoms with van der Waals surface area (Å²) >= 11 is 0. The molecule has 3 N–H and O–H groups in total. The van der Waals surface area contributed by atoms with Crippen LogP contribution in [0.15, 0.2) is 58.1 Å². The Morgan fingerprint density at radius 3 is 2.48 bits per heavy atom. The second-order valence-electron chi connectivity index (χ2n) is 8.80. The molecule has 2 aliphatic rings. The molecule has 0 aliphatic carbocycles. The standard InChI is InChI=1S/C24H34N4O2.HI/c1-3-25-23(26-17-24(2,29)22-10-7-13-30-22)27-19-14-20-11-12-21(15-19)28(20)16-18-8-5-4-6-9-18;/h4-10,13,19-21,29H,3,11-12,14-17H2,1-2H3,(H2,25,26,27);1H. The monoisotopic (exact) mass is 538 g/mol. The molecular formula is C24H35IN4O2. The number of aliphatic imine (C=N–C) groups is 1. The molecule has 170 valence electrons. The fourth-order valence-corrected chi connectivity index (χ4v) is 4.85. The molecule has 0 spiro atoms. The van der Waals surface area contributed by atoms with Crippen molar-refractivity contribution in [2.75, 3.05) is 13.1 Å². The molecular weight excluding hydrogens is 503 g/mol. The van der Waals surface area contributed by atoms with Crippen LogP contribution in [0.3, 0.4) is 0 Å². The highest BCUT2D eigenvalue weighted by atomic mass is 127. The number of fused-ring (bicyclic) bond motifs is 2. The van der Waals surface area contributed by atoms with E-state index >= 15 is 0 Å². The first-order chi connectivity index (χ1) is 14.5. The number of piperidine rings is 1. The van der Waals surface area contributed by atoms with E-state index in [4.69, 9.17) is 4.42 Å². The summed E-state index contributed by atoms with van der Waals surface area (Å²) in [5.41, 5.74) is 0.278. The summed E-state index contributed by atoms with van der Waals surface area (Å²) in [4.78, 5) is 7.36. The van der Waals surface area contributed by atoms with Gasteiger partial charge in [0.2, 0.25) is 0 Å². The van der Waals surface area contributed by atoms with Crippen molar-refractivity contribution < 1.29 is 9.52 Å². The summed E-state index contributed by atoms with van der Waals surface area (Å²) < 4.78 is 5.37. The number of aliphatic hydroxyl groups is 1. The topological polar surface area (TPSA) is 73.0 Å². The van der Waals surface area contributed by atoms with Crippen molar-refractivity contribution in [1.82, 2.24) is 15.5 Å². The minimum absolute atomic E-state index is 0. The molecule has 4 rings (SSSR count). The van der Waals surface area contributed by atoms with Gasteiger partial charge in [0.25, 0.3) is 0 Å². The van der Waals surface area contributed by atoms with Gasteiger partial charge in [0.1, 0.15) is 11.4 Å². The van der Waals surface area contributed by atoms with E-state index in [9.17, 15) is 5.11 Å². The van der Waals surface area contributed by atoms with Crippen LogP contribution in [0.1, 0.15) is 50.9 Å². The molecule has 1 aromatic carbocycles. The lowest BCUT2D eigenvalue weighted by molar-refractivity contribution is 0.0436. The summed E-state index contributed by atoms with van der Waals surface area (Å²) in [7, 11) is 0. The summed E-state index contributed by atoms with van der Waals surface area (Å²) in [6.45, 7) is 5.88. The molecule has 3 atom stereocenters. The van der Waals surface area contributed by atoms with Gasteiger partial charge in [0.05, 0.1) is 12.8 Å². The zero-order valence-electron chi connectivity index (χ0n) is 18.5. The van der Waals surface area contributed by atoms with Crippen LogP contribution in [-0.4, -0.2) is 47.2 Å². The van der Waals surface area contributed by atoms with E-state index < -0.39 is 5.60 Å². The van der Waals surface area contributed by atoms with Crippen molar-refractivity contribution in [1.29, 1.82) is 0 Å². The summed E-state index contributed by atoms with van der Waals surface area (Å²) in [5.74, 6) is 1.31. The SMILES string of the molecule is CCNC(=NCC(C)(O)c1ccco1)NC1CC2CCC(C1)N2Cc1ccccc1.I. The van der Waals surface area contributed by atoms with Crippen LogP contribution in [0.25, 0.3) is 0 Å². The predicted octanol–water partition coefficient (Wildman–Crippen LogP) is 3.86. The van der Waals surface area contributed by atoms with Crippen molar-refractivity contribution in [3.05, 3.63) is 60.1 Å². The quantitative estimate of drug-likeness (QED) is 0.284. The second-order valence-corrected chi connectivity index (χ2v) is 8.80. The number of furan rings is 1. The summed E-state index contributed by atoms with van der Waals surface area (Å²) in [6, 6.07) is 16.0. The van der Waals surface area contributed by atoms with Gasteiger partial charge in [-0.15, -0.1) is 24.0 Å². The maximum Gasteiger partial charge on any atom is 0.191 e. The van der Waals surface area contributed by atoms with Gasteiger partial charge < -0.3 is 20.2 Å². The molecule has 7 heteroatoms. The van der Waals surface area contributed by atoms with E-state index in [-0.39, 0.29) is 30.5 Å². The molecule has 2 aromatic rings. The normalized spacial score (nSPS) is 25.5. The van der Waals surface area contributed by atoms with Crippen molar-refractivity contribution in [2.45, 2.75) is 69.8 Å². The molecule has 2 aliphatic heterocycles. The Morgan fingerprint density at radius 1 is 1.16 bits per heavy atom. The van der Waals surface area contributed by atoms with Crippen LogP contribution < -0.4 is 10.6 Å². The van der Waals surface area contributed by atoms with Gasteiger partial charge >= 0.3 is 0 Å². The van der Waals surface area contributed by atoms with E-state index in [0.717, 1.165) is 31.9 Å². The highest BCUT2D eigenvalue weighted by Crippen LogP contribution is 2.36. The Morgan fingerprint density at radius 2 is 1.87 bits per heavy atom. The van der Waals surface area contributed by atoms with Gasteiger partial charge in [-0.05, 0) is 57.2 Å². The third-order valence-corrected chi connectivity index (χ3v) is 6.37. The van der Waals surface area contributed by atoms with Gasteiger partial charge in [0.15, 0.2) is 5.96 Å². The lowest BCUT2D eigenvalue weighted by atomic mass is 9.96. The van der Waals surface area contributed by atoms with E-state index in [2.05, 4.69) is 57.8 Å². The largest absolute Gasteiger partial charge is 0.466 e. The second kappa shape index (κ2) is 10.8. The van der Waals surface area contributed by atoms with E-state index in [1.807, 2.05) is 0 Å². The Hall–Kier alpha value is -1.58. The molecule has 0 radical (unpaired) electrons. The zero-order valence-corrected chi connectivity index (χ0v) is 20.8. The molecule has 2 bridgehead atoms. The van der Waals surface area contributed by atoms with Crippen LogP contribution in [0, 0.1) is 0 Å². The molecule has 31 heavy (non-hydrogen) atoms. The van der Waals surface area contributed by atoms with Gasteiger partial charge in [-0.3, -0.25) is 4.90 Å². The molecule has 0 amide bonds. The van der Waals surface area contributed by atoms with E-state index in [0.29, 0.717) is 23.9 Å². The fraction of sp³-hybridized carbons (Fsp3) is 0.542. The van der Waals surface area contributed by atoms with Crippen molar-refractivity contribution in [3.8, 4) is 0 Å². The highest BCUT2D eigenvalue weighted by Gasteiger charge is 2.40. The molecule has 3 heterocycles. The summed E-state index contributed by atoms with van der Waals surface area (Å²) in [5, 5.41) is 17.7. The molecule has 2 fully saturated rings. The molecule has 3 unspecified atom stereocenters. The first-order valence-corrected chi connectivity index (χ1v) is 11.2. The number of nitrogens with one attached hydrogen (secondary N) is 2. The van der Waals surface area contributed by atoms with Crippen molar-refractivity contribution in [2.24, 2.45) is 4.99 Å². The van der Waals surface area contributed by atoms with Crippen LogP contribution in [-0.2, 0) is 12.1 Å². The fourth-order valence-electron chi connectivity index (χ4n) is 4.85. The number of halogens is 1. The van der Waals surface area contributed by atoms with Crippen LogP contribution in [0.4, 0.5) is 0 Å². The first kappa shape index (κ1) is 24.1. The molecule has 6 nitrogen and oxygen atoms in total. The van der Waals surface area contributed by atoms with Crippen molar-refractivity contribution in [3.63, 3.8) is 0 Å². The Kier molecular flexibility index (Phi) is 8.41. The molecule has 1 aromatic heterocycles. The molecule has 2 saturated heterocycles. The Bertz CT molecular complexity index is 811. The van der Waals surface area contributed by atoms with Gasteiger partial charge in [-0.1, -0.05) is 30.3 Å². The lowest BCUT2D eigenvalue weighted by Crippen LogP contribution is -2.52. The van der Waals surface area contributed by atoms with Crippen LogP contribution >= 0.6 is 24.0 Å². The number of hydrogen-bond acceptors (Lipinski definition) is 4. The van der Waals surface area contributed by atoms with Crippen LogP contribution in [0.5, 0.6) is 0 Å². The first-order valence-electron chi connectivity index (χ1n) is 11.2. The number of guanidine groups is 1. The third-order valence-electron chi connectivity index (χ3n) is 6.37. The third kappa shape index (κ3) is 6.02. The number of nitrogens with zero attached hydrogens (tertiary/aromatic N) is 2. The average molecular weight is 538 g/mol. The van der Waals surface area contributed by atoms with E-state index in [1.54, 1.807) is 25.3 Å². The lowest BCUT2D eigenvalue weighted by Gasteiger charge is -2.39. The minimum Gasteiger partial charge on any atom is -0.466 e. The van der Waals surface area contributed by atoms with Gasteiger partial charge in [-0.25, -0.2) is 4.99 Å². The average Bonchev–Trinajstić information content (AvgIpc) is 3.35. The van der Waals surface area contributed by atoms with Gasteiger partial charge in [-0.2, -0.15) is 0 Å². The van der Waals surface area contributed by atoms with Gasteiger partial charge in [0, 0.05) is 31.2 Å². The smallest absolute Gasteiger partial charge is 0.191 e. The number of rotatable bonds is 7. The maximum atomic E-state index is 10.7. The number of benzene rings is 1. The van der Waals surface area contributed by atoms with Crippen molar-refractivity contribution >= 4 is 29.9 Å². The zero-order chi connectivity index (χ0) is 21.0.